The molecule has 0 spiro atoms. The number of nitrogens with zero attached hydrogens (tertiary/aromatic N) is 1. The zero-order chi connectivity index (χ0) is 20.8. The number of hydrogen-bond acceptors (Lipinski definition) is 2. The summed E-state index contributed by atoms with van der Waals surface area (Å²) >= 11 is 0. The SMILES string of the molecule is CCCCCCCOc1ccc(C(C#N)CC2(CCCCC)CCCCC2)cc1. The Bertz CT molecular complexity index is 580. The van der Waals surface area contributed by atoms with Gasteiger partial charge in [-0.3, -0.25) is 0 Å². The molecule has 1 aromatic rings. The molecule has 1 aliphatic carbocycles. The van der Waals surface area contributed by atoms with Gasteiger partial charge in [0.25, 0.3) is 0 Å². The second-order valence-corrected chi connectivity index (χ2v) is 9.24. The number of benzene rings is 1. The Labute approximate surface area is 180 Å². The van der Waals surface area contributed by atoms with Crippen LogP contribution in [-0.4, -0.2) is 6.61 Å². The molecule has 1 fully saturated rings. The van der Waals surface area contributed by atoms with Gasteiger partial charge in [-0.05, 0) is 55.2 Å². The fourth-order valence-corrected chi connectivity index (χ4v) is 4.97. The zero-order valence-corrected chi connectivity index (χ0v) is 19.1. The summed E-state index contributed by atoms with van der Waals surface area (Å²) in [4.78, 5) is 0. The molecule has 2 rings (SSSR count). The van der Waals surface area contributed by atoms with E-state index in [9.17, 15) is 5.26 Å². The maximum atomic E-state index is 9.93. The van der Waals surface area contributed by atoms with Gasteiger partial charge in [-0.1, -0.05) is 90.2 Å². The minimum absolute atomic E-state index is 0.0119. The van der Waals surface area contributed by atoms with Crippen LogP contribution in [0, 0.1) is 16.7 Å². The van der Waals surface area contributed by atoms with Crippen LogP contribution < -0.4 is 4.74 Å². The van der Waals surface area contributed by atoms with Crippen LogP contribution in [-0.2, 0) is 0 Å². The maximum absolute atomic E-state index is 9.93. The standard InChI is InChI=1S/C27H43NO/c1-3-5-7-8-13-21-29-26-16-14-24(15-17-26)25(23-28)22-27(18-10-6-4-2)19-11-9-12-20-27/h14-17,25H,3-13,18-22H2,1-2H3. The van der Waals surface area contributed by atoms with Crippen molar-refractivity contribution in [2.24, 2.45) is 5.41 Å². The first-order valence-electron chi connectivity index (χ1n) is 12.4. The highest BCUT2D eigenvalue weighted by Gasteiger charge is 2.34. The molecule has 2 nitrogen and oxygen atoms in total. The average molecular weight is 398 g/mol. The molecule has 162 valence electrons. The second-order valence-electron chi connectivity index (χ2n) is 9.24. The molecular weight excluding hydrogens is 354 g/mol. The number of hydrogen-bond donors (Lipinski definition) is 0. The fourth-order valence-electron chi connectivity index (χ4n) is 4.97. The lowest BCUT2D eigenvalue weighted by atomic mass is 9.65. The first-order valence-corrected chi connectivity index (χ1v) is 12.4. The molecule has 0 amide bonds. The summed E-state index contributed by atoms with van der Waals surface area (Å²) in [6.07, 6.45) is 19.2. The van der Waals surface area contributed by atoms with Crippen LogP contribution >= 0.6 is 0 Å². The lowest BCUT2D eigenvalue weighted by molar-refractivity contribution is 0.147. The molecule has 1 aromatic carbocycles. The lowest BCUT2D eigenvalue weighted by Gasteiger charge is -2.39. The lowest BCUT2D eigenvalue weighted by Crippen LogP contribution is -2.26. The molecule has 0 bridgehead atoms. The Balaban J connectivity index is 1.89. The smallest absolute Gasteiger partial charge is 0.119 e. The van der Waals surface area contributed by atoms with Crippen LogP contribution in [0.1, 0.15) is 122 Å². The van der Waals surface area contributed by atoms with E-state index in [4.69, 9.17) is 4.74 Å². The highest BCUT2D eigenvalue weighted by Crippen LogP contribution is 2.47. The van der Waals surface area contributed by atoms with E-state index in [0.29, 0.717) is 5.41 Å². The van der Waals surface area contributed by atoms with Gasteiger partial charge in [0.2, 0.25) is 0 Å². The van der Waals surface area contributed by atoms with E-state index in [2.05, 4.69) is 44.2 Å². The molecule has 0 heterocycles. The Hall–Kier alpha value is -1.49. The monoisotopic (exact) mass is 397 g/mol. The zero-order valence-electron chi connectivity index (χ0n) is 19.1. The van der Waals surface area contributed by atoms with Gasteiger partial charge in [0.1, 0.15) is 5.75 Å². The van der Waals surface area contributed by atoms with Crippen LogP contribution in [0.3, 0.4) is 0 Å². The first-order chi connectivity index (χ1) is 14.2. The van der Waals surface area contributed by atoms with Gasteiger partial charge in [0, 0.05) is 0 Å². The van der Waals surface area contributed by atoms with Crippen molar-refractivity contribution in [2.75, 3.05) is 6.61 Å². The van der Waals surface area contributed by atoms with E-state index >= 15 is 0 Å². The van der Waals surface area contributed by atoms with E-state index in [0.717, 1.165) is 25.2 Å². The molecule has 1 atom stereocenters. The Morgan fingerprint density at radius 1 is 0.897 bits per heavy atom. The van der Waals surface area contributed by atoms with E-state index in [1.807, 2.05) is 0 Å². The number of unbranched alkanes of at least 4 members (excludes halogenated alkanes) is 6. The van der Waals surface area contributed by atoms with E-state index in [-0.39, 0.29) is 5.92 Å². The predicted octanol–water partition coefficient (Wildman–Crippen LogP) is 8.56. The molecular formula is C27H43NO. The van der Waals surface area contributed by atoms with Crippen molar-refractivity contribution in [1.29, 1.82) is 5.26 Å². The van der Waals surface area contributed by atoms with Gasteiger partial charge < -0.3 is 4.74 Å². The fraction of sp³-hybridized carbons (Fsp3) is 0.741. The van der Waals surface area contributed by atoms with Gasteiger partial charge in [-0.25, -0.2) is 0 Å². The van der Waals surface area contributed by atoms with Crippen molar-refractivity contribution in [1.82, 2.24) is 0 Å². The minimum Gasteiger partial charge on any atom is -0.494 e. The van der Waals surface area contributed by atoms with E-state index in [1.54, 1.807) is 0 Å². The Kier molecular flexibility index (Phi) is 11.2. The summed E-state index contributed by atoms with van der Waals surface area (Å²) in [6, 6.07) is 11.0. The highest BCUT2D eigenvalue weighted by molar-refractivity contribution is 5.32. The molecule has 1 unspecified atom stereocenters. The normalized spacial score (nSPS) is 16.9. The maximum Gasteiger partial charge on any atom is 0.119 e. The van der Waals surface area contributed by atoms with Gasteiger partial charge in [-0.15, -0.1) is 0 Å². The predicted molar refractivity (Wildman–Crippen MR) is 123 cm³/mol. The third-order valence-electron chi connectivity index (χ3n) is 6.82. The van der Waals surface area contributed by atoms with Gasteiger partial charge in [0.05, 0.1) is 18.6 Å². The molecule has 2 heteroatoms. The van der Waals surface area contributed by atoms with Crippen molar-refractivity contribution in [3.63, 3.8) is 0 Å². The molecule has 0 aliphatic heterocycles. The van der Waals surface area contributed by atoms with Crippen molar-refractivity contribution in [2.45, 2.75) is 116 Å². The van der Waals surface area contributed by atoms with Crippen LogP contribution in [0.15, 0.2) is 24.3 Å². The van der Waals surface area contributed by atoms with Crippen molar-refractivity contribution < 1.29 is 4.74 Å². The molecule has 0 radical (unpaired) electrons. The third kappa shape index (κ3) is 8.41. The van der Waals surface area contributed by atoms with Crippen molar-refractivity contribution in [3.05, 3.63) is 29.8 Å². The van der Waals surface area contributed by atoms with Crippen LogP contribution in [0.25, 0.3) is 0 Å². The molecule has 0 aromatic heterocycles. The first kappa shape index (κ1) is 23.8. The van der Waals surface area contributed by atoms with Crippen molar-refractivity contribution >= 4 is 0 Å². The Morgan fingerprint density at radius 3 is 2.21 bits per heavy atom. The number of ether oxygens (including phenoxy) is 1. The van der Waals surface area contributed by atoms with Crippen LogP contribution in [0.5, 0.6) is 5.75 Å². The van der Waals surface area contributed by atoms with Crippen LogP contribution in [0.4, 0.5) is 0 Å². The van der Waals surface area contributed by atoms with Gasteiger partial charge >= 0.3 is 0 Å². The molecule has 0 saturated heterocycles. The minimum atomic E-state index is 0.0119. The number of nitriles is 1. The average Bonchev–Trinajstić information content (AvgIpc) is 2.76. The van der Waals surface area contributed by atoms with Crippen molar-refractivity contribution in [3.8, 4) is 11.8 Å². The molecule has 1 aliphatic rings. The van der Waals surface area contributed by atoms with Gasteiger partial charge in [-0.2, -0.15) is 5.26 Å². The largest absolute Gasteiger partial charge is 0.494 e. The summed E-state index contributed by atoms with van der Waals surface area (Å²) in [7, 11) is 0. The summed E-state index contributed by atoms with van der Waals surface area (Å²) in [5, 5.41) is 9.93. The van der Waals surface area contributed by atoms with E-state index < -0.39 is 0 Å². The molecule has 29 heavy (non-hydrogen) atoms. The quantitative estimate of drug-likeness (QED) is 0.294. The summed E-state index contributed by atoms with van der Waals surface area (Å²) < 4.78 is 5.91. The van der Waals surface area contributed by atoms with E-state index in [1.165, 1.54) is 89.0 Å². The highest BCUT2D eigenvalue weighted by atomic mass is 16.5. The molecule has 1 saturated carbocycles. The third-order valence-corrected chi connectivity index (χ3v) is 6.82. The van der Waals surface area contributed by atoms with Gasteiger partial charge in [0.15, 0.2) is 0 Å². The van der Waals surface area contributed by atoms with Crippen LogP contribution in [0.2, 0.25) is 0 Å². The second kappa shape index (κ2) is 13.7. The summed E-state index contributed by atoms with van der Waals surface area (Å²) in [5.41, 5.74) is 1.56. The Morgan fingerprint density at radius 2 is 1.55 bits per heavy atom. The molecule has 0 N–H and O–H groups in total. The topological polar surface area (TPSA) is 33.0 Å². The summed E-state index contributed by atoms with van der Waals surface area (Å²) in [6.45, 7) is 5.32. The number of rotatable bonds is 14. The summed E-state index contributed by atoms with van der Waals surface area (Å²) in [5.74, 6) is 0.953.